The van der Waals surface area contributed by atoms with Gasteiger partial charge in [0.2, 0.25) is 0 Å². The Hall–Kier alpha value is -1.50. The highest BCUT2D eigenvalue weighted by atomic mass is 19.1. The molecule has 13 heavy (non-hydrogen) atoms. The number of hydrogen-bond donors (Lipinski definition) is 0. The molecule has 0 aliphatic rings. The third kappa shape index (κ3) is 1.81. The molecule has 1 aromatic rings. The summed E-state index contributed by atoms with van der Waals surface area (Å²) in [5, 5.41) is 8.52. The van der Waals surface area contributed by atoms with Crippen LogP contribution in [0.1, 0.15) is 37.6 Å². The van der Waals surface area contributed by atoms with E-state index in [4.69, 9.17) is 5.26 Å². The van der Waals surface area contributed by atoms with Crippen LogP contribution in [-0.2, 0) is 0 Å². The summed E-state index contributed by atoms with van der Waals surface area (Å²) >= 11 is 0. The summed E-state index contributed by atoms with van der Waals surface area (Å²) in [4.78, 5) is 7.35. The maximum atomic E-state index is 13.4. The van der Waals surface area contributed by atoms with Gasteiger partial charge in [0, 0.05) is 5.92 Å². The Morgan fingerprint density at radius 1 is 1.62 bits per heavy atom. The largest absolute Gasteiger partial charge is 0.238 e. The lowest BCUT2D eigenvalue weighted by molar-refractivity contribution is 0.556. The normalized spacial score (nSPS) is 12.2. The number of rotatable bonds is 2. The van der Waals surface area contributed by atoms with Crippen LogP contribution in [0.3, 0.4) is 0 Å². The standard InChI is InChI=1S/C9H10FN3/c1-3-6(2)9-8(10)7(4-11)12-5-13-9/h5-6H,3H2,1-2H3. The number of halogens is 1. The average molecular weight is 179 g/mol. The fourth-order valence-electron chi connectivity index (χ4n) is 0.998. The van der Waals surface area contributed by atoms with Gasteiger partial charge in [-0.25, -0.2) is 14.4 Å². The van der Waals surface area contributed by atoms with Crippen molar-refractivity contribution >= 4 is 0 Å². The van der Waals surface area contributed by atoms with Gasteiger partial charge in [0.25, 0.3) is 0 Å². The second-order valence-electron chi connectivity index (χ2n) is 2.84. The summed E-state index contributed by atoms with van der Waals surface area (Å²) in [7, 11) is 0. The lowest BCUT2D eigenvalue weighted by Gasteiger charge is -2.07. The highest BCUT2D eigenvalue weighted by Crippen LogP contribution is 2.19. The molecule has 0 aliphatic heterocycles. The maximum absolute atomic E-state index is 13.4. The summed E-state index contributed by atoms with van der Waals surface area (Å²) in [5.74, 6) is -0.561. The molecule has 1 rings (SSSR count). The topological polar surface area (TPSA) is 49.6 Å². The van der Waals surface area contributed by atoms with Crippen molar-refractivity contribution in [2.24, 2.45) is 0 Å². The molecule has 4 heteroatoms. The molecular weight excluding hydrogens is 169 g/mol. The number of nitrogens with zero attached hydrogens (tertiary/aromatic N) is 3. The third-order valence-electron chi connectivity index (χ3n) is 2.00. The second kappa shape index (κ2) is 3.94. The molecule has 0 aromatic carbocycles. The predicted molar refractivity (Wildman–Crippen MR) is 45.4 cm³/mol. The minimum absolute atomic E-state index is 0.0232. The monoisotopic (exact) mass is 179 g/mol. The molecule has 0 amide bonds. The van der Waals surface area contributed by atoms with Gasteiger partial charge in [0.05, 0.1) is 5.69 Å². The molecule has 1 unspecified atom stereocenters. The predicted octanol–water partition coefficient (Wildman–Crippen LogP) is 2.00. The first-order chi connectivity index (χ1) is 6.20. The molecule has 68 valence electrons. The number of aromatic nitrogens is 2. The van der Waals surface area contributed by atoms with Crippen molar-refractivity contribution in [3.8, 4) is 6.07 Å². The van der Waals surface area contributed by atoms with E-state index in [0.29, 0.717) is 5.69 Å². The van der Waals surface area contributed by atoms with Crippen LogP contribution in [0.4, 0.5) is 4.39 Å². The van der Waals surface area contributed by atoms with Crippen molar-refractivity contribution in [2.75, 3.05) is 0 Å². The molecule has 0 spiro atoms. The minimum atomic E-state index is -0.584. The maximum Gasteiger partial charge on any atom is 0.181 e. The molecule has 1 aromatic heterocycles. The molecule has 0 radical (unpaired) electrons. The molecule has 0 saturated carbocycles. The average Bonchev–Trinajstić information content (AvgIpc) is 2.17. The van der Waals surface area contributed by atoms with Crippen LogP contribution in [0.15, 0.2) is 6.33 Å². The van der Waals surface area contributed by atoms with Crippen LogP contribution in [0.2, 0.25) is 0 Å². The molecular formula is C9H10FN3. The van der Waals surface area contributed by atoms with E-state index in [1.165, 1.54) is 6.33 Å². The van der Waals surface area contributed by atoms with E-state index in [9.17, 15) is 4.39 Å². The number of hydrogen-bond acceptors (Lipinski definition) is 3. The van der Waals surface area contributed by atoms with Crippen LogP contribution in [-0.4, -0.2) is 9.97 Å². The Morgan fingerprint density at radius 3 is 2.85 bits per heavy atom. The molecule has 3 nitrogen and oxygen atoms in total. The van der Waals surface area contributed by atoms with Gasteiger partial charge in [0.15, 0.2) is 11.5 Å². The molecule has 0 N–H and O–H groups in total. The van der Waals surface area contributed by atoms with Crippen molar-refractivity contribution in [3.63, 3.8) is 0 Å². The third-order valence-corrected chi connectivity index (χ3v) is 2.00. The van der Waals surface area contributed by atoms with Gasteiger partial charge in [-0.1, -0.05) is 13.8 Å². The van der Waals surface area contributed by atoms with E-state index >= 15 is 0 Å². The van der Waals surface area contributed by atoms with Gasteiger partial charge in [-0.2, -0.15) is 5.26 Å². The van der Waals surface area contributed by atoms with Crippen LogP contribution in [0, 0.1) is 17.1 Å². The van der Waals surface area contributed by atoms with Gasteiger partial charge < -0.3 is 0 Å². The van der Waals surface area contributed by atoms with E-state index in [2.05, 4.69) is 9.97 Å². The van der Waals surface area contributed by atoms with E-state index < -0.39 is 5.82 Å². The van der Waals surface area contributed by atoms with Gasteiger partial charge in [-0.05, 0) is 6.42 Å². The van der Waals surface area contributed by atoms with Crippen LogP contribution < -0.4 is 0 Å². The van der Waals surface area contributed by atoms with Crippen molar-refractivity contribution in [1.29, 1.82) is 5.26 Å². The zero-order valence-corrected chi connectivity index (χ0v) is 7.58. The zero-order valence-electron chi connectivity index (χ0n) is 7.58. The van der Waals surface area contributed by atoms with Crippen LogP contribution in [0.25, 0.3) is 0 Å². The first-order valence-corrected chi connectivity index (χ1v) is 4.11. The van der Waals surface area contributed by atoms with Gasteiger partial charge in [-0.3, -0.25) is 0 Å². The Morgan fingerprint density at radius 2 is 2.31 bits per heavy atom. The van der Waals surface area contributed by atoms with Gasteiger partial charge >= 0.3 is 0 Å². The summed E-state index contributed by atoms with van der Waals surface area (Å²) < 4.78 is 13.4. The van der Waals surface area contributed by atoms with Crippen molar-refractivity contribution in [2.45, 2.75) is 26.2 Å². The quantitative estimate of drug-likeness (QED) is 0.697. The zero-order chi connectivity index (χ0) is 9.84. The van der Waals surface area contributed by atoms with Gasteiger partial charge in [-0.15, -0.1) is 0 Å². The number of nitriles is 1. The van der Waals surface area contributed by atoms with Gasteiger partial charge in [0.1, 0.15) is 12.4 Å². The Kier molecular flexibility index (Phi) is 2.91. The van der Waals surface area contributed by atoms with Crippen molar-refractivity contribution in [1.82, 2.24) is 9.97 Å². The molecule has 0 fully saturated rings. The van der Waals surface area contributed by atoms with E-state index in [-0.39, 0.29) is 11.6 Å². The summed E-state index contributed by atoms with van der Waals surface area (Å²) in [6, 6.07) is 1.69. The highest BCUT2D eigenvalue weighted by molar-refractivity contribution is 5.25. The lowest BCUT2D eigenvalue weighted by Crippen LogP contribution is -2.03. The van der Waals surface area contributed by atoms with Crippen molar-refractivity contribution < 1.29 is 4.39 Å². The SMILES string of the molecule is CCC(C)c1ncnc(C#N)c1F. The fraction of sp³-hybridized carbons (Fsp3) is 0.444. The Labute approximate surface area is 76.3 Å². The molecule has 0 aliphatic carbocycles. The Bertz CT molecular complexity index is 343. The fourth-order valence-corrected chi connectivity index (χ4v) is 0.998. The first kappa shape index (κ1) is 9.59. The highest BCUT2D eigenvalue weighted by Gasteiger charge is 2.14. The lowest BCUT2D eigenvalue weighted by atomic mass is 10.0. The summed E-state index contributed by atoms with van der Waals surface area (Å²) in [6.07, 6.45) is 2.02. The van der Waals surface area contributed by atoms with E-state index in [0.717, 1.165) is 6.42 Å². The summed E-state index contributed by atoms with van der Waals surface area (Å²) in [5.41, 5.74) is 0.152. The molecule has 1 heterocycles. The van der Waals surface area contributed by atoms with E-state index in [1.807, 2.05) is 13.8 Å². The minimum Gasteiger partial charge on any atom is -0.238 e. The van der Waals surface area contributed by atoms with Crippen LogP contribution >= 0.6 is 0 Å². The molecule has 0 bridgehead atoms. The second-order valence-corrected chi connectivity index (χ2v) is 2.84. The molecule has 1 atom stereocenters. The summed E-state index contributed by atoms with van der Waals surface area (Å²) in [6.45, 7) is 3.81. The smallest absolute Gasteiger partial charge is 0.181 e. The Balaban J connectivity index is 3.17. The molecule has 0 saturated heterocycles. The van der Waals surface area contributed by atoms with E-state index in [1.54, 1.807) is 6.07 Å². The first-order valence-electron chi connectivity index (χ1n) is 4.11. The van der Waals surface area contributed by atoms with Crippen LogP contribution in [0.5, 0.6) is 0 Å². The van der Waals surface area contributed by atoms with Crippen molar-refractivity contribution in [3.05, 3.63) is 23.5 Å².